The van der Waals surface area contributed by atoms with Crippen LogP contribution in [0.15, 0.2) is 30.3 Å². The lowest BCUT2D eigenvalue weighted by molar-refractivity contribution is -0.175. The highest BCUT2D eigenvalue weighted by Gasteiger charge is 2.54. The lowest BCUT2D eigenvalue weighted by atomic mass is 9.80. The number of nitrogens with one attached hydrogen (secondary N) is 1. The third kappa shape index (κ3) is 4.23. The minimum absolute atomic E-state index is 0.0990. The minimum Gasteiger partial charge on any atom is -0.463 e. The van der Waals surface area contributed by atoms with Crippen LogP contribution < -0.4 is 5.32 Å². The van der Waals surface area contributed by atoms with E-state index in [1.165, 1.54) is 0 Å². The monoisotopic (exact) mass is 367 g/mol. The van der Waals surface area contributed by atoms with Gasteiger partial charge in [0.05, 0.1) is 6.61 Å². The SMILES string of the molecule is O=C(OCCC1CCNCC1)[C@](O)(c1ccccc1)[C@@H]1CCC(F)(F)C1. The van der Waals surface area contributed by atoms with Crippen molar-refractivity contribution in [3.05, 3.63) is 35.9 Å². The summed E-state index contributed by atoms with van der Waals surface area (Å²) < 4.78 is 32.9. The van der Waals surface area contributed by atoms with E-state index < -0.39 is 29.8 Å². The summed E-state index contributed by atoms with van der Waals surface area (Å²) in [5.74, 6) is -4.00. The molecule has 0 amide bonds. The van der Waals surface area contributed by atoms with E-state index in [4.69, 9.17) is 4.74 Å². The van der Waals surface area contributed by atoms with E-state index in [0.717, 1.165) is 32.4 Å². The van der Waals surface area contributed by atoms with Crippen molar-refractivity contribution in [1.29, 1.82) is 0 Å². The van der Waals surface area contributed by atoms with Crippen molar-refractivity contribution < 1.29 is 23.4 Å². The Morgan fingerprint density at radius 2 is 1.92 bits per heavy atom. The van der Waals surface area contributed by atoms with Gasteiger partial charge in [0.1, 0.15) is 0 Å². The molecule has 144 valence electrons. The third-order valence-corrected chi connectivity index (χ3v) is 5.74. The number of hydrogen-bond donors (Lipinski definition) is 2. The molecular formula is C20H27F2NO3. The molecule has 1 heterocycles. The van der Waals surface area contributed by atoms with Gasteiger partial charge in [-0.05, 0) is 50.3 Å². The average molecular weight is 367 g/mol. The lowest BCUT2D eigenvalue weighted by Crippen LogP contribution is -2.44. The Balaban J connectivity index is 1.69. The largest absolute Gasteiger partial charge is 0.463 e. The molecule has 1 aliphatic carbocycles. The molecule has 1 aliphatic heterocycles. The Morgan fingerprint density at radius 1 is 1.23 bits per heavy atom. The molecule has 1 saturated heterocycles. The molecule has 0 spiro atoms. The molecule has 2 aliphatic rings. The number of carbonyl (C=O) groups excluding carboxylic acids is 1. The molecule has 0 aromatic heterocycles. The topological polar surface area (TPSA) is 58.6 Å². The molecule has 26 heavy (non-hydrogen) atoms. The van der Waals surface area contributed by atoms with Crippen molar-refractivity contribution in [3.8, 4) is 0 Å². The van der Waals surface area contributed by atoms with Gasteiger partial charge in [-0.25, -0.2) is 13.6 Å². The van der Waals surface area contributed by atoms with Crippen molar-refractivity contribution in [2.75, 3.05) is 19.7 Å². The van der Waals surface area contributed by atoms with Gasteiger partial charge in [-0.2, -0.15) is 0 Å². The maximum atomic E-state index is 13.7. The molecular weight excluding hydrogens is 340 g/mol. The Hall–Kier alpha value is -1.53. The van der Waals surface area contributed by atoms with Crippen molar-refractivity contribution in [3.63, 3.8) is 0 Å². The summed E-state index contributed by atoms with van der Waals surface area (Å²) in [5, 5.41) is 14.5. The van der Waals surface area contributed by atoms with E-state index in [9.17, 15) is 18.7 Å². The van der Waals surface area contributed by atoms with E-state index in [0.29, 0.717) is 11.5 Å². The zero-order chi connectivity index (χ0) is 18.6. The molecule has 1 aromatic carbocycles. The number of esters is 1. The van der Waals surface area contributed by atoms with Crippen LogP contribution in [-0.4, -0.2) is 36.7 Å². The quantitative estimate of drug-likeness (QED) is 0.758. The number of hydrogen-bond acceptors (Lipinski definition) is 4. The first-order chi connectivity index (χ1) is 12.4. The summed E-state index contributed by atoms with van der Waals surface area (Å²) >= 11 is 0. The summed E-state index contributed by atoms with van der Waals surface area (Å²) in [6.45, 7) is 2.13. The van der Waals surface area contributed by atoms with E-state index in [1.54, 1.807) is 30.3 Å². The number of halogens is 2. The molecule has 0 unspecified atom stereocenters. The van der Waals surface area contributed by atoms with Crippen LogP contribution in [0.1, 0.15) is 44.1 Å². The smallest absolute Gasteiger partial charge is 0.343 e. The summed E-state index contributed by atoms with van der Waals surface area (Å²) in [6.07, 6.45) is 2.10. The second-order valence-electron chi connectivity index (χ2n) is 7.55. The van der Waals surface area contributed by atoms with Crippen LogP contribution in [0.2, 0.25) is 0 Å². The number of rotatable bonds is 6. The Kier molecular flexibility index (Phi) is 5.92. The van der Waals surface area contributed by atoms with E-state index >= 15 is 0 Å². The molecule has 2 atom stereocenters. The highest BCUT2D eigenvalue weighted by atomic mass is 19.3. The third-order valence-electron chi connectivity index (χ3n) is 5.74. The van der Waals surface area contributed by atoms with Crippen molar-refractivity contribution >= 4 is 5.97 Å². The number of carbonyl (C=O) groups is 1. The van der Waals surface area contributed by atoms with E-state index in [-0.39, 0.29) is 19.4 Å². The van der Waals surface area contributed by atoms with Gasteiger partial charge >= 0.3 is 5.97 Å². The van der Waals surface area contributed by atoms with E-state index in [1.807, 2.05) is 0 Å². The van der Waals surface area contributed by atoms with Crippen LogP contribution >= 0.6 is 0 Å². The Morgan fingerprint density at radius 3 is 2.54 bits per heavy atom. The summed E-state index contributed by atoms with van der Waals surface area (Å²) in [7, 11) is 0. The fraction of sp³-hybridized carbons (Fsp3) is 0.650. The zero-order valence-electron chi connectivity index (χ0n) is 14.9. The summed E-state index contributed by atoms with van der Waals surface area (Å²) in [5.41, 5.74) is -1.69. The first kappa shape index (κ1) is 19.2. The fourth-order valence-electron chi connectivity index (χ4n) is 4.12. The van der Waals surface area contributed by atoms with Gasteiger partial charge in [0, 0.05) is 18.8 Å². The molecule has 4 nitrogen and oxygen atoms in total. The van der Waals surface area contributed by atoms with Gasteiger partial charge < -0.3 is 15.2 Å². The molecule has 6 heteroatoms. The number of aliphatic hydroxyl groups is 1. The van der Waals surface area contributed by atoms with Gasteiger partial charge in [-0.3, -0.25) is 0 Å². The van der Waals surface area contributed by atoms with Crippen LogP contribution in [0.25, 0.3) is 0 Å². The zero-order valence-corrected chi connectivity index (χ0v) is 14.9. The number of benzene rings is 1. The Labute approximate surface area is 152 Å². The van der Waals surface area contributed by atoms with Crippen LogP contribution in [-0.2, 0) is 15.1 Å². The lowest BCUT2D eigenvalue weighted by Gasteiger charge is -2.32. The van der Waals surface area contributed by atoms with Gasteiger partial charge in [-0.1, -0.05) is 30.3 Å². The highest BCUT2D eigenvalue weighted by Crippen LogP contribution is 2.47. The van der Waals surface area contributed by atoms with Gasteiger partial charge in [0.25, 0.3) is 0 Å². The maximum absolute atomic E-state index is 13.7. The average Bonchev–Trinajstić information content (AvgIpc) is 3.03. The van der Waals surface area contributed by atoms with Gasteiger partial charge in [0.15, 0.2) is 5.60 Å². The predicted molar refractivity (Wildman–Crippen MR) is 93.8 cm³/mol. The second-order valence-corrected chi connectivity index (χ2v) is 7.55. The Bertz CT molecular complexity index is 604. The molecule has 1 aromatic rings. The standard InChI is InChI=1S/C20H27F2NO3/c21-19(22)10-6-17(14-19)20(25,16-4-2-1-3-5-16)18(24)26-13-9-15-7-11-23-12-8-15/h1-5,15,17,23,25H,6-14H2/t17-,20+/m1/s1. The van der Waals surface area contributed by atoms with Crippen molar-refractivity contribution in [1.82, 2.24) is 5.32 Å². The minimum atomic E-state index is -2.84. The van der Waals surface area contributed by atoms with Crippen LogP contribution in [0, 0.1) is 11.8 Å². The molecule has 0 bridgehead atoms. The molecule has 1 saturated carbocycles. The highest BCUT2D eigenvalue weighted by molar-refractivity contribution is 5.81. The number of ether oxygens (including phenoxy) is 1. The maximum Gasteiger partial charge on any atom is 0.343 e. The number of piperidine rings is 1. The molecule has 0 radical (unpaired) electrons. The molecule has 2 fully saturated rings. The summed E-state index contributed by atoms with van der Waals surface area (Å²) in [6, 6.07) is 8.34. The van der Waals surface area contributed by atoms with E-state index in [2.05, 4.69) is 5.32 Å². The molecule has 3 rings (SSSR count). The normalized spacial score (nSPS) is 25.6. The fourth-order valence-corrected chi connectivity index (χ4v) is 4.12. The number of alkyl halides is 2. The van der Waals surface area contributed by atoms with Crippen LogP contribution in [0.5, 0.6) is 0 Å². The van der Waals surface area contributed by atoms with Gasteiger partial charge in [-0.15, -0.1) is 0 Å². The first-order valence-electron chi connectivity index (χ1n) is 9.45. The van der Waals surface area contributed by atoms with Crippen LogP contribution in [0.4, 0.5) is 8.78 Å². The van der Waals surface area contributed by atoms with Crippen molar-refractivity contribution in [2.24, 2.45) is 11.8 Å². The predicted octanol–water partition coefficient (Wildman–Crippen LogP) is 3.24. The molecule has 2 N–H and O–H groups in total. The second kappa shape index (κ2) is 8.01. The summed E-state index contributed by atoms with van der Waals surface area (Å²) in [4.78, 5) is 12.8. The van der Waals surface area contributed by atoms with Crippen molar-refractivity contribution in [2.45, 2.75) is 50.0 Å². The van der Waals surface area contributed by atoms with Gasteiger partial charge in [0.2, 0.25) is 5.92 Å². The van der Waals surface area contributed by atoms with Crippen LogP contribution in [0.3, 0.4) is 0 Å². The first-order valence-corrected chi connectivity index (χ1v) is 9.45.